The maximum absolute atomic E-state index is 13.1. The molecule has 2 heterocycles. The summed E-state index contributed by atoms with van der Waals surface area (Å²) < 4.78 is 3.93. The first kappa shape index (κ1) is 20.9. The van der Waals surface area contributed by atoms with Crippen molar-refractivity contribution in [3.63, 3.8) is 0 Å². The van der Waals surface area contributed by atoms with Gasteiger partial charge in [-0.1, -0.05) is 43.6 Å². The topological polar surface area (TPSA) is 90.4 Å². The molecule has 0 aliphatic heterocycles. The van der Waals surface area contributed by atoms with Crippen molar-refractivity contribution in [1.29, 1.82) is 0 Å². The van der Waals surface area contributed by atoms with Crippen LogP contribution in [0.15, 0.2) is 52.1 Å². The van der Waals surface area contributed by atoms with Gasteiger partial charge in [0, 0.05) is 6.54 Å². The van der Waals surface area contributed by atoms with Gasteiger partial charge in [0.15, 0.2) is 0 Å². The molecule has 31 heavy (non-hydrogen) atoms. The van der Waals surface area contributed by atoms with E-state index in [1.807, 2.05) is 26.8 Å². The highest BCUT2D eigenvalue weighted by atomic mass is 35.5. The first-order valence-electron chi connectivity index (χ1n) is 9.93. The predicted molar refractivity (Wildman–Crippen MR) is 121 cm³/mol. The molecule has 0 spiro atoms. The summed E-state index contributed by atoms with van der Waals surface area (Å²) in [4.78, 5) is 38.8. The molecule has 4 aromatic rings. The molecule has 160 valence electrons. The number of halogens is 1. The van der Waals surface area contributed by atoms with Gasteiger partial charge < -0.3 is 5.32 Å². The second kappa shape index (κ2) is 8.03. The molecule has 0 aliphatic rings. The lowest BCUT2D eigenvalue weighted by Crippen LogP contribution is -2.29. The van der Waals surface area contributed by atoms with E-state index in [9.17, 15) is 14.4 Å². The van der Waals surface area contributed by atoms with Crippen LogP contribution >= 0.6 is 11.6 Å². The number of carbonyl (C=O) groups excluding carboxylic acids is 1. The third-order valence-corrected chi connectivity index (χ3v) is 5.24. The Morgan fingerprint density at radius 2 is 1.90 bits per heavy atom. The minimum atomic E-state index is -0.492. The summed E-state index contributed by atoms with van der Waals surface area (Å²) in [6.45, 7) is 5.94. The maximum atomic E-state index is 13.1. The van der Waals surface area contributed by atoms with Crippen molar-refractivity contribution in [1.82, 2.24) is 18.7 Å². The SMILES string of the molecule is Cc1ccc(NC(=O)Cn2nc3n(CC(C)C)c(=O)c4ccccc4n3c2=O)c(Cl)c1. The lowest BCUT2D eigenvalue weighted by molar-refractivity contribution is -0.117. The number of nitrogens with zero attached hydrogens (tertiary/aromatic N) is 4. The quantitative estimate of drug-likeness (QED) is 0.517. The van der Waals surface area contributed by atoms with Gasteiger partial charge in [0.25, 0.3) is 5.56 Å². The largest absolute Gasteiger partial charge is 0.352 e. The van der Waals surface area contributed by atoms with Crippen LogP contribution in [0.2, 0.25) is 5.02 Å². The molecule has 0 radical (unpaired) electrons. The van der Waals surface area contributed by atoms with Crippen molar-refractivity contribution < 1.29 is 4.79 Å². The lowest BCUT2D eigenvalue weighted by Gasteiger charge is -2.11. The molecule has 0 atom stereocenters. The van der Waals surface area contributed by atoms with Gasteiger partial charge in [0.2, 0.25) is 11.7 Å². The lowest BCUT2D eigenvalue weighted by atomic mass is 10.2. The number of aryl methyl sites for hydroxylation is 1. The molecule has 0 saturated heterocycles. The Morgan fingerprint density at radius 3 is 2.61 bits per heavy atom. The summed E-state index contributed by atoms with van der Waals surface area (Å²) in [5.41, 5.74) is 1.17. The van der Waals surface area contributed by atoms with E-state index in [4.69, 9.17) is 11.6 Å². The highest BCUT2D eigenvalue weighted by molar-refractivity contribution is 6.33. The smallest absolute Gasteiger partial charge is 0.323 e. The zero-order chi connectivity index (χ0) is 22.3. The third kappa shape index (κ3) is 3.86. The van der Waals surface area contributed by atoms with Crippen molar-refractivity contribution in [3.05, 3.63) is 73.9 Å². The van der Waals surface area contributed by atoms with Gasteiger partial charge in [0.1, 0.15) is 6.54 Å². The van der Waals surface area contributed by atoms with Crippen LogP contribution in [-0.4, -0.2) is 24.7 Å². The van der Waals surface area contributed by atoms with E-state index in [0.29, 0.717) is 28.2 Å². The fraction of sp³-hybridized carbons (Fsp3) is 0.273. The zero-order valence-corrected chi connectivity index (χ0v) is 18.2. The van der Waals surface area contributed by atoms with Crippen molar-refractivity contribution in [2.75, 3.05) is 5.32 Å². The van der Waals surface area contributed by atoms with Crippen LogP contribution in [0.5, 0.6) is 0 Å². The van der Waals surface area contributed by atoms with Crippen LogP contribution in [0, 0.1) is 12.8 Å². The van der Waals surface area contributed by atoms with E-state index in [-0.39, 0.29) is 23.8 Å². The Labute approximate surface area is 182 Å². The minimum absolute atomic E-state index is 0.162. The fourth-order valence-corrected chi connectivity index (χ4v) is 3.83. The normalized spacial score (nSPS) is 11.5. The van der Waals surface area contributed by atoms with E-state index >= 15 is 0 Å². The fourth-order valence-electron chi connectivity index (χ4n) is 3.55. The van der Waals surface area contributed by atoms with Gasteiger partial charge in [-0.2, -0.15) is 0 Å². The van der Waals surface area contributed by atoms with E-state index < -0.39 is 11.6 Å². The van der Waals surface area contributed by atoms with Crippen LogP contribution in [-0.2, 0) is 17.9 Å². The Kier molecular flexibility index (Phi) is 5.41. The number of anilines is 1. The van der Waals surface area contributed by atoms with E-state index in [1.165, 1.54) is 8.97 Å². The molecule has 2 aromatic heterocycles. The average Bonchev–Trinajstić information content (AvgIpc) is 3.03. The van der Waals surface area contributed by atoms with Crippen LogP contribution in [0.25, 0.3) is 16.7 Å². The van der Waals surface area contributed by atoms with Gasteiger partial charge in [0.05, 0.1) is 21.6 Å². The summed E-state index contributed by atoms with van der Waals surface area (Å²) in [7, 11) is 0. The second-order valence-electron chi connectivity index (χ2n) is 7.93. The number of fused-ring (bicyclic) bond motifs is 3. The first-order valence-corrected chi connectivity index (χ1v) is 10.3. The molecular weight excluding hydrogens is 418 g/mol. The van der Waals surface area contributed by atoms with E-state index in [2.05, 4.69) is 10.4 Å². The standard InChI is InChI=1S/C22H22ClN5O3/c1-13(2)11-26-20(30)15-6-4-5-7-18(15)28-21(26)25-27(22(28)31)12-19(29)24-17-9-8-14(3)10-16(17)23/h4-10,13H,11-12H2,1-3H3,(H,24,29). The highest BCUT2D eigenvalue weighted by Crippen LogP contribution is 2.22. The number of benzene rings is 2. The van der Waals surface area contributed by atoms with Crippen LogP contribution < -0.4 is 16.6 Å². The second-order valence-corrected chi connectivity index (χ2v) is 8.34. The number of nitrogens with one attached hydrogen (secondary N) is 1. The molecule has 4 rings (SSSR count). The zero-order valence-electron chi connectivity index (χ0n) is 17.4. The Bertz CT molecular complexity index is 1430. The van der Waals surface area contributed by atoms with Crippen LogP contribution in [0.3, 0.4) is 0 Å². The third-order valence-electron chi connectivity index (χ3n) is 4.92. The number of hydrogen-bond acceptors (Lipinski definition) is 4. The molecule has 0 fully saturated rings. The molecule has 1 N–H and O–H groups in total. The molecule has 1 amide bonds. The molecular formula is C22H22ClN5O3. The molecule has 2 aromatic carbocycles. The minimum Gasteiger partial charge on any atom is -0.323 e. The Morgan fingerprint density at radius 1 is 1.16 bits per heavy atom. The number of hydrogen-bond donors (Lipinski definition) is 1. The highest BCUT2D eigenvalue weighted by Gasteiger charge is 2.19. The van der Waals surface area contributed by atoms with Crippen LogP contribution in [0.4, 0.5) is 5.69 Å². The first-order chi connectivity index (χ1) is 14.8. The molecule has 0 bridgehead atoms. The molecule has 0 unspecified atom stereocenters. The monoisotopic (exact) mass is 439 g/mol. The summed E-state index contributed by atoms with van der Waals surface area (Å²) in [6.07, 6.45) is 0. The van der Waals surface area contributed by atoms with Gasteiger partial charge in [-0.3, -0.25) is 14.2 Å². The van der Waals surface area contributed by atoms with Crippen molar-refractivity contribution >= 4 is 39.9 Å². The molecule has 9 heteroatoms. The summed E-state index contributed by atoms with van der Waals surface area (Å²) in [5, 5.41) is 7.87. The van der Waals surface area contributed by atoms with Gasteiger partial charge in [-0.05, 0) is 42.7 Å². The molecule has 8 nitrogen and oxygen atoms in total. The summed E-state index contributed by atoms with van der Waals surface area (Å²) >= 11 is 6.18. The number of rotatable bonds is 5. The predicted octanol–water partition coefficient (Wildman–Crippen LogP) is 3.07. The number of aromatic nitrogens is 4. The van der Waals surface area contributed by atoms with Gasteiger partial charge in [-0.15, -0.1) is 5.10 Å². The van der Waals surface area contributed by atoms with Crippen molar-refractivity contribution in [2.45, 2.75) is 33.9 Å². The maximum Gasteiger partial charge on any atom is 0.352 e. The van der Waals surface area contributed by atoms with Gasteiger partial charge in [-0.25, -0.2) is 13.9 Å². The van der Waals surface area contributed by atoms with Crippen molar-refractivity contribution in [3.8, 4) is 0 Å². The number of amides is 1. The summed E-state index contributed by atoms with van der Waals surface area (Å²) in [6, 6.07) is 12.2. The summed E-state index contributed by atoms with van der Waals surface area (Å²) in [5.74, 6) is -0.0724. The van der Waals surface area contributed by atoms with Crippen molar-refractivity contribution in [2.24, 2.45) is 5.92 Å². The molecule has 0 aliphatic carbocycles. The number of carbonyl (C=O) groups is 1. The Balaban J connectivity index is 1.80. The number of para-hydroxylation sites is 1. The van der Waals surface area contributed by atoms with Gasteiger partial charge >= 0.3 is 5.69 Å². The Hall–Kier alpha value is -3.39. The van der Waals surface area contributed by atoms with E-state index in [0.717, 1.165) is 10.2 Å². The average molecular weight is 440 g/mol. The van der Waals surface area contributed by atoms with E-state index in [1.54, 1.807) is 36.4 Å². The molecule has 0 saturated carbocycles. The van der Waals surface area contributed by atoms with Crippen LogP contribution in [0.1, 0.15) is 19.4 Å².